The van der Waals surface area contributed by atoms with Gasteiger partial charge in [0.1, 0.15) is 6.04 Å². The summed E-state index contributed by atoms with van der Waals surface area (Å²) < 4.78 is 26.8. The van der Waals surface area contributed by atoms with Crippen molar-refractivity contribution >= 4 is 21.6 Å². The molecule has 1 aliphatic heterocycles. The molecule has 0 saturated carbocycles. The SMILES string of the molecule is Cc1ccc(S(=O)(=O)N2CCCC2C(=O)N(C)C)cc1N. The number of sulfonamides is 1. The maximum absolute atomic E-state index is 12.7. The second-order valence-electron chi connectivity index (χ2n) is 5.52. The van der Waals surface area contributed by atoms with E-state index in [9.17, 15) is 13.2 Å². The summed E-state index contributed by atoms with van der Waals surface area (Å²) in [5, 5.41) is 0. The number of hydrogen-bond acceptors (Lipinski definition) is 4. The van der Waals surface area contributed by atoms with Crippen LogP contribution in [0.4, 0.5) is 5.69 Å². The van der Waals surface area contributed by atoms with E-state index in [1.807, 2.05) is 6.92 Å². The fourth-order valence-corrected chi connectivity index (χ4v) is 4.17. The molecule has 1 amide bonds. The molecule has 1 heterocycles. The fourth-order valence-electron chi connectivity index (χ4n) is 2.49. The van der Waals surface area contributed by atoms with Crippen molar-refractivity contribution in [2.75, 3.05) is 26.4 Å². The highest BCUT2D eigenvalue weighted by Crippen LogP contribution is 2.28. The van der Waals surface area contributed by atoms with Gasteiger partial charge >= 0.3 is 0 Å². The molecule has 116 valence electrons. The first-order chi connectivity index (χ1) is 9.75. The lowest BCUT2D eigenvalue weighted by Gasteiger charge is -2.25. The van der Waals surface area contributed by atoms with Crippen molar-refractivity contribution in [1.82, 2.24) is 9.21 Å². The van der Waals surface area contributed by atoms with Gasteiger partial charge in [0.15, 0.2) is 0 Å². The van der Waals surface area contributed by atoms with Crippen molar-refractivity contribution in [3.05, 3.63) is 23.8 Å². The summed E-state index contributed by atoms with van der Waals surface area (Å²) in [5.74, 6) is -0.184. The first-order valence-corrected chi connectivity index (χ1v) is 8.28. The van der Waals surface area contributed by atoms with E-state index in [4.69, 9.17) is 5.73 Å². The van der Waals surface area contributed by atoms with Crippen molar-refractivity contribution < 1.29 is 13.2 Å². The maximum atomic E-state index is 12.7. The molecule has 0 aliphatic carbocycles. The fraction of sp³-hybridized carbons (Fsp3) is 0.500. The molecule has 0 aromatic heterocycles. The van der Waals surface area contributed by atoms with Gasteiger partial charge in [-0.15, -0.1) is 0 Å². The van der Waals surface area contributed by atoms with E-state index in [2.05, 4.69) is 0 Å². The highest BCUT2D eigenvalue weighted by Gasteiger charge is 2.40. The lowest BCUT2D eigenvalue weighted by Crippen LogP contribution is -2.45. The van der Waals surface area contributed by atoms with Gasteiger partial charge in [-0.2, -0.15) is 4.31 Å². The highest BCUT2D eigenvalue weighted by atomic mass is 32.2. The van der Waals surface area contributed by atoms with Crippen LogP contribution in [0.25, 0.3) is 0 Å². The Labute approximate surface area is 125 Å². The molecule has 2 rings (SSSR count). The van der Waals surface area contributed by atoms with Crippen molar-refractivity contribution in [2.45, 2.75) is 30.7 Å². The van der Waals surface area contributed by atoms with Gasteiger partial charge in [0, 0.05) is 26.3 Å². The molecule has 1 atom stereocenters. The number of benzene rings is 1. The summed E-state index contributed by atoms with van der Waals surface area (Å²) in [4.78, 5) is 13.7. The molecular formula is C14H21N3O3S. The van der Waals surface area contributed by atoms with Crippen LogP contribution in [0.3, 0.4) is 0 Å². The minimum Gasteiger partial charge on any atom is -0.398 e. The molecule has 1 aromatic carbocycles. The Kier molecular flexibility index (Phi) is 4.25. The Morgan fingerprint density at radius 2 is 2.05 bits per heavy atom. The Bertz CT molecular complexity index is 655. The summed E-state index contributed by atoms with van der Waals surface area (Å²) in [6.45, 7) is 2.18. The lowest BCUT2D eigenvalue weighted by atomic mass is 10.2. The molecule has 2 N–H and O–H groups in total. The lowest BCUT2D eigenvalue weighted by molar-refractivity contribution is -0.132. The predicted octanol–water partition coefficient (Wildman–Crippen LogP) is 0.819. The maximum Gasteiger partial charge on any atom is 0.243 e. The molecule has 1 unspecified atom stereocenters. The van der Waals surface area contributed by atoms with Crippen LogP contribution in [0.5, 0.6) is 0 Å². The van der Waals surface area contributed by atoms with Gasteiger partial charge in [-0.05, 0) is 37.5 Å². The minimum absolute atomic E-state index is 0.143. The smallest absolute Gasteiger partial charge is 0.243 e. The van der Waals surface area contributed by atoms with E-state index in [0.29, 0.717) is 25.1 Å². The number of carbonyl (C=O) groups is 1. The van der Waals surface area contributed by atoms with Gasteiger partial charge in [-0.25, -0.2) is 8.42 Å². The minimum atomic E-state index is -3.70. The Morgan fingerprint density at radius 3 is 2.62 bits per heavy atom. The van der Waals surface area contributed by atoms with Crippen LogP contribution in [0, 0.1) is 6.92 Å². The number of hydrogen-bond donors (Lipinski definition) is 1. The van der Waals surface area contributed by atoms with Crippen LogP contribution in [0.15, 0.2) is 23.1 Å². The number of anilines is 1. The Hall–Kier alpha value is -1.60. The van der Waals surface area contributed by atoms with E-state index in [1.165, 1.54) is 21.3 Å². The van der Waals surface area contributed by atoms with Crippen LogP contribution in [-0.4, -0.2) is 50.2 Å². The first-order valence-electron chi connectivity index (χ1n) is 6.84. The Balaban J connectivity index is 2.38. The van der Waals surface area contributed by atoms with Gasteiger partial charge in [0.25, 0.3) is 0 Å². The molecule has 7 heteroatoms. The number of carbonyl (C=O) groups excluding carboxylic acids is 1. The number of nitrogens with two attached hydrogens (primary N) is 1. The van der Waals surface area contributed by atoms with Gasteiger partial charge in [0.05, 0.1) is 4.90 Å². The van der Waals surface area contributed by atoms with Crippen molar-refractivity contribution in [3.63, 3.8) is 0 Å². The molecule has 1 fully saturated rings. The van der Waals surface area contributed by atoms with E-state index in [-0.39, 0.29) is 10.8 Å². The van der Waals surface area contributed by atoms with E-state index >= 15 is 0 Å². The topological polar surface area (TPSA) is 83.7 Å². The third-order valence-corrected chi connectivity index (χ3v) is 5.69. The second-order valence-corrected chi connectivity index (χ2v) is 7.42. The quantitative estimate of drug-likeness (QED) is 0.838. The number of amides is 1. The Morgan fingerprint density at radius 1 is 1.38 bits per heavy atom. The van der Waals surface area contributed by atoms with E-state index in [0.717, 1.165) is 5.56 Å². The molecule has 0 radical (unpaired) electrons. The second kappa shape index (κ2) is 5.65. The van der Waals surface area contributed by atoms with Crippen LogP contribution in [0.2, 0.25) is 0 Å². The van der Waals surface area contributed by atoms with Gasteiger partial charge in [0.2, 0.25) is 15.9 Å². The third kappa shape index (κ3) is 2.89. The molecule has 1 saturated heterocycles. The van der Waals surface area contributed by atoms with Crippen LogP contribution in [0.1, 0.15) is 18.4 Å². The normalized spacial score (nSPS) is 19.7. The van der Waals surface area contributed by atoms with Gasteiger partial charge in [-0.3, -0.25) is 4.79 Å². The zero-order chi connectivity index (χ0) is 15.8. The largest absolute Gasteiger partial charge is 0.398 e. The zero-order valence-electron chi connectivity index (χ0n) is 12.5. The zero-order valence-corrected chi connectivity index (χ0v) is 13.4. The molecule has 6 nitrogen and oxygen atoms in total. The average Bonchev–Trinajstić information content (AvgIpc) is 2.90. The van der Waals surface area contributed by atoms with E-state index < -0.39 is 16.1 Å². The summed E-state index contributed by atoms with van der Waals surface area (Å²) >= 11 is 0. The van der Waals surface area contributed by atoms with Crippen molar-refractivity contribution in [2.24, 2.45) is 0 Å². The number of likely N-dealkylation sites (N-methyl/N-ethyl adjacent to an activating group) is 1. The number of nitrogens with zero attached hydrogens (tertiary/aromatic N) is 2. The standard InChI is InChI=1S/C14H21N3O3S/c1-10-6-7-11(9-12(10)15)21(19,20)17-8-4-5-13(17)14(18)16(2)3/h6-7,9,13H,4-5,8,15H2,1-3H3. The summed E-state index contributed by atoms with van der Waals surface area (Å²) in [7, 11) is -0.431. The summed E-state index contributed by atoms with van der Waals surface area (Å²) in [6.07, 6.45) is 1.24. The number of nitrogen functional groups attached to an aromatic ring is 1. The number of rotatable bonds is 3. The third-order valence-electron chi connectivity index (χ3n) is 3.79. The first kappa shape index (κ1) is 15.8. The van der Waals surface area contributed by atoms with Gasteiger partial charge in [-0.1, -0.05) is 6.07 Å². The molecule has 0 spiro atoms. The van der Waals surface area contributed by atoms with E-state index in [1.54, 1.807) is 20.2 Å². The predicted molar refractivity (Wildman–Crippen MR) is 81.2 cm³/mol. The number of aryl methyl sites for hydroxylation is 1. The molecular weight excluding hydrogens is 290 g/mol. The van der Waals surface area contributed by atoms with Crippen molar-refractivity contribution in [1.29, 1.82) is 0 Å². The average molecular weight is 311 g/mol. The molecule has 0 bridgehead atoms. The van der Waals surface area contributed by atoms with Crippen LogP contribution < -0.4 is 5.73 Å². The van der Waals surface area contributed by atoms with Crippen LogP contribution >= 0.6 is 0 Å². The van der Waals surface area contributed by atoms with Gasteiger partial charge < -0.3 is 10.6 Å². The van der Waals surface area contributed by atoms with Crippen molar-refractivity contribution in [3.8, 4) is 0 Å². The highest BCUT2D eigenvalue weighted by molar-refractivity contribution is 7.89. The molecule has 1 aromatic rings. The summed E-state index contributed by atoms with van der Waals surface area (Å²) in [6, 6.07) is 4.06. The summed E-state index contributed by atoms with van der Waals surface area (Å²) in [5.41, 5.74) is 7.07. The monoisotopic (exact) mass is 311 g/mol. The molecule has 1 aliphatic rings. The molecule has 21 heavy (non-hydrogen) atoms. The van der Waals surface area contributed by atoms with Crippen LogP contribution in [-0.2, 0) is 14.8 Å².